The van der Waals surface area contributed by atoms with E-state index in [4.69, 9.17) is 5.73 Å². The van der Waals surface area contributed by atoms with E-state index in [1.54, 1.807) is 0 Å². The summed E-state index contributed by atoms with van der Waals surface area (Å²) in [7, 11) is 0. The highest BCUT2D eigenvalue weighted by molar-refractivity contribution is 5.85. The Labute approximate surface area is 97.7 Å². The van der Waals surface area contributed by atoms with Gasteiger partial charge >= 0.3 is 0 Å². The first kappa shape index (κ1) is 12.5. The molecular weight excluding hydrogens is 208 g/mol. The molecule has 1 aliphatic carbocycles. The zero-order valence-electron chi connectivity index (χ0n) is 9.31. The van der Waals surface area contributed by atoms with Gasteiger partial charge < -0.3 is 5.73 Å². The van der Waals surface area contributed by atoms with Crippen LogP contribution in [0.5, 0.6) is 0 Å². The highest BCUT2D eigenvalue weighted by Gasteiger charge is 2.55. The maximum Gasteiger partial charge on any atom is 0.0299 e. The Hall–Kier alpha value is -0.600. The lowest BCUT2D eigenvalue weighted by Gasteiger charge is -2.10. The van der Waals surface area contributed by atoms with Crippen LogP contribution in [0.3, 0.4) is 0 Å². The number of hydrogen-bond acceptors (Lipinski definition) is 2. The number of nitrogens with zero attached hydrogens (tertiary/aromatic N) is 1. The van der Waals surface area contributed by atoms with Gasteiger partial charge in [0.2, 0.25) is 0 Å². The summed E-state index contributed by atoms with van der Waals surface area (Å²) >= 11 is 0. The number of aromatic nitrogens is 1. The van der Waals surface area contributed by atoms with Crippen LogP contribution in [0.25, 0.3) is 0 Å². The molecule has 0 saturated heterocycles. The minimum Gasteiger partial charge on any atom is -0.325 e. The van der Waals surface area contributed by atoms with Crippen molar-refractivity contribution >= 4 is 12.4 Å². The van der Waals surface area contributed by atoms with Crippen LogP contribution in [-0.2, 0) is 6.42 Å². The van der Waals surface area contributed by atoms with Crippen LogP contribution >= 0.6 is 12.4 Å². The summed E-state index contributed by atoms with van der Waals surface area (Å²) in [6, 6.07) is 4.10. The fourth-order valence-corrected chi connectivity index (χ4v) is 2.26. The Morgan fingerprint density at radius 3 is 2.53 bits per heavy atom. The molecule has 0 radical (unpaired) electrons. The van der Waals surface area contributed by atoms with Crippen molar-refractivity contribution in [2.24, 2.45) is 17.6 Å². The van der Waals surface area contributed by atoms with E-state index < -0.39 is 0 Å². The highest BCUT2D eigenvalue weighted by atomic mass is 35.5. The molecule has 1 aromatic heterocycles. The van der Waals surface area contributed by atoms with Crippen molar-refractivity contribution in [2.45, 2.75) is 32.2 Å². The van der Waals surface area contributed by atoms with Crippen LogP contribution < -0.4 is 5.73 Å². The molecule has 84 valence electrons. The lowest BCUT2D eigenvalue weighted by Crippen LogP contribution is -2.26. The first-order valence-corrected chi connectivity index (χ1v) is 5.32. The van der Waals surface area contributed by atoms with Gasteiger partial charge in [-0.2, -0.15) is 0 Å². The Morgan fingerprint density at radius 1 is 1.40 bits per heavy atom. The molecule has 2 nitrogen and oxygen atoms in total. The second-order valence-electron chi connectivity index (χ2n) is 4.55. The molecule has 1 fully saturated rings. The molecule has 0 bridgehead atoms. The fourth-order valence-electron chi connectivity index (χ4n) is 2.26. The normalized spacial score (nSPS) is 33.3. The van der Waals surface area contributed by atoms with Gasteiger partial charge in [0, 0.05) is 17.9 Å². The first-order valence-electron chi connectivity index (χ1n) is 5.32. The summed E-state index contributed by atoms with van der Waals surface area (Å²) in [6.07, 6.45) is 5.88. The van der Waals surface area contributed by atoms with Gasteiger partial charge in [-0.1, -0.05) is 19.9 Å². The van der Waals surface area contributed by atoms with Crippen molar-refractivity contribution in [3.63, 3.8) is 0 Å². The number of halogens is 1. The van der Waals surface area contributed by atoms with Gasteiger partial charge in [0.05, 0.1) is 0 Å². The average Bonchev–Trinajstić information content (AvgIpc) is 2.69. The number of rotatable bonds is 3. The molecular formula is C12H19ClN2. The Bertz CT molecular complexity index is 305. The summed E-state index contributed by atoms with van der Waals surface area (Å²) in [5.74, 6) is 1.36. The third kappa shape index (κ3) is 2.32. The molecule has 1 aliphatic rings. The summed E-state index contributed by atoms with van der Waals surface area (Å²) in [4.78, 5) is 4.10. The summed E-state index contributed by atoms with van der Waals surface area (Å²) in [6.45, 7) is 4.49. The van der Waals surface area contributed by atoms with E-state index in [9.17, 15) is 0 Å². The van der Waals surface area contributed by atoms with E-state index in [1.807, 2.05) is 18.5 Å². The van der Waals surface area contributed by atoms with Gasteiger partial charge in [0.15, 0.2) is 0 Å². The lowest BCUT2D eigenvalue weighted by molar-refractivity contribution is 0.544. The smallest absolute Gasteiger partial charge is 0.0299 e. The largest absolute Gasteiger partial charge is 0.325 e. The molecule has 0 aromatic carbocycles. The number of nitrogens with two attached hydrogens (primary N) is 1. The molecule has 2 rings (SSSR count). The number of pyridine rings is 1. The average molecular weight is 227 g/mol. The second kappa shape index (κ2) is 4.50. The summed E-state index contributed by atoms with van der Waals surface area (Å²) < 4.78 is 0. The maximum atomic E-state index is 6.26. The van der Waals surface area contributed by atoms with Gasteiger partial charge in [0.25, 0.3) is 0 Å². The molecule has 0 amide bonds. The maximum absolute atomic E-state index is 6.26. The van der Waals surface area contributed by atoms with Crippen molar-refractivity contribution in [3.8, 4) is 0 Å². The molecule has 0 aliphatic heterocycles. The van der Waals surface area contributed by atoms with Crippen LogP contribution in [0.1, 0.15) is 25.8 Å². The minimum absolute atomic E-state index is 0. The van der Waals surface area contributed by atoms with Crippen LogP contribution in [-0.4, -0.2) is 10.5 Å². The molecule has 2 N–H and O–H groups in total. The Morgan fingerprint density at radius 2 is 2.07 bits per heavy atom. The standard InChI is InChI=1S/C12H18N2.ClH/c1-9-10(2)12(9,13)6-5-11-4-3-7-14-8-11;/h3-4,7-10H,5-6,13H2,1-2H3;1H. The van der Waals surface area contributed by atoms with Crippen LogP contribution in [0.4, 0.5) is 0 Å². The third-order valence-electron chi connectivity index (χ3n) is 3.91. The molecule has 0 spiro atoms. The SMILES string of the molecule is CC1C(C)C1(N)CCc1cccnc1.Cl. The van der Waals surface area contributed by atoms with E-state index in [0.717, 1.165) is 12.8 Å². The topological polar surface area (TPSA) is 38.9 Å². The third-order valence-corrected chi connectivity index (χ3v) is 3.91. The van der Waals surface area contributed by atoms with Gasteiger partial charge in [-0.05, 0) is 36.3 Å². The quantitative estimate of drug-likeness (QED) is 0.860. The fraction of sp³-hybridized carbons (Fsp3) is 0.583. The van der Waals surface area contributed by atoms with Crippen LogP contribution in [0.2, 0.25) is 0 Å². The molecule has 1 aromatic rings. The number of aryl methyl sites for hydroxylation is 1. The lowest BCUT2D eigenvalue weighted by atomic mass is 10.0. The van der Waals surface area contributed by atoms with Gasteiger partial charge in [-0.15, -0.1) is 12.4 Å². The molecule has 1 saturated carbocycles. The molecule has 15 heavy (non-hydrogen) atoms. The van der Waals surface area contributed by atoms with E-state index in [2.05, 4.69) is 24.9 Å². The Balaban J connectivity index is 0.00000112. The monoisotopic (exact) mass is 226 g/mol. The van der Waals surface area contributed by atoms with Crippen molar-refractivity contribution in [2.75, 3.05) is 0 Å². The van der Waals surface area contributed by atoms with E-state index in [1.165, 1.54) is 5.56 Å². The van der Waals surface area contributed by atoms with Crippen LogP contribution in [0.15, 0.2) is 24.5 Å². The zero-order chi connectivity index (χ0) is 10.2. The minimum atomic E-state index is 0. The first-order chi connectivity index (χ1) is 6.64. The highest BCUT2D eigenvalue weighted by Crippen LogP contribution is 2.50. The predicted octanol–water partition coefficient (Wildman–Crippen LogP) is 2.42. The van der Waals surface area contributed by atoms with E-state index in [-0.39, 0.29) is 17.9 Å². The van der Waals surface area contributed by atoms with Crippen molar-refractivity contribution in [1.29, 1.82) is 0 Å². The molecule has 2 atom stereocenters. The zero-order valence-corrected chi connectivity index (χ0v) is 10.1. The second-order valence-corrected chi connectivity index (χ2v) is 4.55. The molecule has 3 heteroatoms. The van der Waals surface area contributed by atoms with E-state index >= 15 is 0 Å². The summed E-state index contributed by atoms with van der Waals surface area (Å²) in [5, 5.41) is 0. The van der Waals surface area contributed by atoms with E-state index in [0.29, 0.717) is 11.8 Å². The van der Waals surface area contributed by atoms with Crippen molar-refractivity contribution in [3.05, 3.63) is 30.1 Å². The van der Waals surface area contributed by atoms with Crippen LogP contribution in [0, 0.1) is 11.8 Å². The number of hydrogen-bond donors (Lipinski definition) is 1. The van der Waals surface area contributed by atoms with Gasteiger partial charge in [0.1, 0.15) is 0 Å². The van der Waals surface area contributed by atoms with Crippen molar-refractivity contribution in [1.82, 2.24) is 4.98 Å². The Kier molecular flexibility index (Phi) is 3.74. The molecule has 1 heterocycles. The summed E-state index contributed by atoms with van der Waals surface area (Å²) in [5.41, 5.74) is 7.65. The van der Waals surface area contributed by atoms with Crippen molar-refractivity contribution < 1.29 is 0 Å². The molecule has 2 unspecified atom stereocenters. The van der Waals surface area contributed by atoms with Gasteiger partial charge in [-0.3, -0.25) is 4.98 Å². The predicted molar refractivity (Wildman–Crippen MR) is 65.1 cm³/mol. The van der Waals surface area contributed by atoms with Gasteiger partial charge in [-0.25, -0.2) is 0 Å².